The van der Waals surface area contributed by atoms with Crippen LogP contribution in [0.15, 0.2) is 12.2 Å². The molecule has 0 heterocycles. The Kier molecular flexibility index (Phi) is 41.6. The number of aliphatic hydroxyl groups is 2. The summed E-state index contributed by atoms with van der Waals surface area (Å²) in [5, 5.41) is 23.6. The van der Waals surface area contributed by atoms with Gasteiger partial charge in [-0.1, -0.05) is 213 Å². The van der Waals surface area contributed by atoms with E-state index in [-0.39, 0.29) is 24.9 Å². The molecule has 0 aromatic carbocycles. The first-order valence-corrected chi connectivity index (χ1v) is 23.9. The summed E-state index contributed by atoms with van der Waals surface area (Å²) in [7, 11) is 0. The molecule has 0 spiro atoms. The van der Waals surface area contributed by atoms with Crippen molar-refractivity contribution in [1.82, 2.24) is 5.32 Å². The molecule has 0 aliphatic rings. The highest BCUT2D eigenvalue weighted by molar-refractivity contribution is 5.77. The fraction of sp³-hybridized carbons (Fsp3) is 0.917. The minimum Gasteiger partial charge on any atom is -0.462 e. The number of ether oxygens (including phenoxy) is 1. The van der Waals surface area contributed by atoms with Gasteiger partial charge < -0.3 is 20.3 Å². The first-order chi connectivity index (χ1) is 26.5. The summed E-state index contributed by atoms with van der Waals surface area (Å²) in [6.45, 7) is 6.46. The highest BCUT2D eigenvalue weighted by Gasteiger charge is 2.24. The van der Waals surface area contributed by atoms with Gasteiger partial charge in [0, 0.05) is 6.42 Å². The molecular formula is C48H93NO5. The summed E-state index contributed by atoms with van der Waals surface area (Å²) in [5.74, 6) is -0.491. The molecule has 0 bridgehead atoms. The molecule has 6 heteroatoms. The molecule has 6 nitrogen and oxygen atoms in total. The number of allylic oxidation sites excluding steroid dienone is 2. The topological polar surface area (TPSA) is 95.9 Å². The van der Waals surface area contributed by atoms with Crippen LogP contribution in [0.5, 0.6) is 0 Å². The predicted molar refractivity (Wildman–Crippen MR) is 232 cm³/mol. The number of unbranched alkanes of at least 4 members (excludes halogenated alkanes) is 29. The average Bonchev–Trinajstić information content (AvgIpc) is 3.16. The van der Waals surface area contributed by atoms with E-state index in [0.29, 0.717) is 19.3 Å². The maximum absolute atomic E-state index is 13.1. The Bertz CT molecular complexity index is 817. The zero-order chi connectivity index (χ0) is 39.6. The molecule has 0 aromatic heterocycles. The number of esters is 1. The van der Waals surface area contributed by atoms with E-state index in [0.717, 1.165) is 57.8 Å². The number of amides is 1. The minimum atomic E-state index is -0.786. The van der Waals surface area contributed by atoms with Crippen molar-refractivity contribution in [3.63, 3.8) is 0 Å². The van der Waals surface area contributed by atoms with Crippen molar-refractivity contribution in [2.24, 2.45) is 0 Å². The maximum atomic E-state index is 13.1. The molecule has 0 rings (SSSR count). The predicted octanol–water partition coefficient (Wildman–Crippen LogP) is 13.8. The highest BCUT2D eigenvalue weighted by Crippen LogP contribution is 2.17. The van der Waals surface area contributed by atoms with Crippen molar-refractivity contribution in [2.45, 2.75) is 277 Å². The monoisotopic (exact) mass is 764 g/mol. The lowest BCUT2D eigenvalue weighted by atomic mass is 10.0. The maximum Gasteiger partial charge on any atom is 0.306 e. The molecule has 0 fully saturated rings. The van der Waals surface area contributed by atoms with Crippen LogP contribution in [-0.2, 0) is 14.3 Å². The molecule has 0 saturated carbocycles. The van der Waals surface area contributed by atoms with Crippen LogP contribution < -0.4 is 5.32 Å². The van der Waals surface area contributed by atoms with E-state index in [9.17, 15) is 19.8 Å². The number of rotatable bonds is 43. The zero-order valence-corrected chi connectivity index (χ0v) is 36.4. The van der Waals surface area contributed by atoms with E-state index in [1.54, 1.807) is 0 Å². The van der Waals surface area contributed by atoms with Crippen molar-refractivity contribution in [1.29, 1.82) is 0 Å². The number of hydrogen-bond donors (Lipinski definition) is 3. The number of nitrogens with one attached hydrogen (secondary N) is 1. The van der Waals surface area contributed by atoms with Crippen LogP contribution in [-0.4, -0.2) is 46.9 Å². The van der Waals surface area contributed by atoms with Crippen molar-refractivity contribution in [3.05, 3.63) is 12.2 Å². The van der Waals surface area contributed by atoms with Crippen LogP contribution in [0.1, 0.15) is 258 Å². The Hall–Kier alpha value is -1.40. The Morgan fingerprint density at radius 1 is 0.519 bits per heavy atom. The highest BCUT2D eigenvalue weighted by atomic mass is 16.5. The van der Waals surface area contributed by atoms with Crippen molar-refractivity contribution < 1.29 is 24.5 Å². The van der Waals surface area contributed by atoms with Gasteiger partial charge in [-0.05, 0) is 44.9 Å². The second-order valence-electron chi connectivity index (χ2n) is 16.5. The average molecular weight is 764 g/mol. The summed E-state index contributed by atoms with van der Waals surface area (Å²) in [6.07, 6.45) is 45.6. The van der Waals surface area contributed by atoms with E-state index >= 15 is 0 Å². The van der Waals surface area contributed by atoms with Gasteiger partial charge in [-0.2, -0.15) is 0 Å². The second kappa shape index (κ2) is 42.7. The molecule has 3 atom stereocenters. The second-order valence-corrected chi connectivity index (χ2v) is 16.5. The van der Waals surface area contributed by atoms with Gasteiger partial charge in [0.25, 0.3) is 0 Å². The fourth-order valence-electron chi connectivity index (χ4n) is 7.43. The smallest absolute Gasteiger partial charge is 0.306 e. The van der Waals surface area contributed by atoms with Gasteiger partial charge in [0.2, 0.25) is 5.91 Å². The molecule has 0 aliphatic heterocycles. The molecule has 0 saturated heterocycles. The number of hydrogen-bond acceptors (Lipinski definition) is 5. The molecule has 1 amide bonds. The van der Waals surface area contributed by atoms with Crippen LogP contribution in [0.3, 0.4) is 0 Å². The Morgan fingerprint density at radius 3 is 1.35 bits per heavy atom. The van der Waals surface area contributed by atoms with Gasteiger partial charge in [-0.25, -0.2) is 0 Å². The largest absolute Gasteiger partial charge is 0.462 e. The van der Waals surface area contributed by atoms with Gasteiger partial charge in [0.1, 0.15) is 6.10 Å². The lowest BCUT2D eigenvalue weighted by Gasteiger charge is -2.24. The van der Waals surface area contributed by atoms with Gasteiger partial charge >= 0.3 is 5.97 Å². The van der Waals surface area contributed by atoms with Crippen molar-refractivity contribution in [2.75, 3.05) is 6.61 Å². The van der Waals surface area contributed by atoms with E-state index < -0.39 is 18.2 Å². The molecule has 0 aliphatic carbocycles. The normalized spacial score (nSPS) is 13.4. The summed E-state index contributed by atoms with van der Waals surface area (Å²) >= 11 is 0. The summed E-state index contributed by atoms with van der Waals surface area (Å²) in [5.41, 5.74) is 0. The zero-order valence-electron chi connectivity index (χ0n) is 36.4. The molecule has 320 valence electrons. The van der Waals surface area contributed by atoms with Gasteiger partial charge in [0.15, 0.2) is 0 Å². The van der Waals surface area contributed by atoms with Crippen LogP contribution in [0.4, 0.5) is 0 Å². The quantitative estimate of drug-likeness (QED) is 0.0326. The van der Waals surface area contributed by atoms with E-state index in [1.807, 2.05) is 0 Å². The lowest BCUT2D eigenvalue weighted by molar-refractivity contribution is -0.151. The first-order valence-electron chi connectivity index (χ1n) is 23.9. The summed E-state index contributed by atoms with van der Waals surface area (Å²) in [6, 6.07) is -0.701. The standard InChI is InChI=1S/C48H93NO5/c1-4-7-10-13-16-19-22-24-26-29-32-35-38-41-48(53)54-44(39-36-33-30-27-25-23-20-17-14-11-8-5-2)42-47(52)49-45(43-50)46(51)40-37-34-31-28-21-18-15-12-9-6-3/h27,30,44-46,50-51H,4-26,28-29,31-43H2,1-3H3,(H,49,52)/b30-27-. The Labute approximate surface area is 336 Å². The third kappa shape index (κ3) is 37.5. The van der Waals surface area contributed by atoms with Gasteiger partial charge in [-0.3, -0.25) is 9.59 Å². The fourth-order valence-corrected chi connectivity index (χ4v) is 7.43. The van der Waals surface area contributed by atoms with Crippen LogP contribution in [0.25, 0.3) is 0 Å². The Balaban J connectivity index is 4.59. The Morgan fingerprint density at radius 2 is 0.907 bits per heavy atom. The number of carbonyl (C=O) groups excluding carboxylic acids is 2. The van der Waals surface area contributed by atoms with Crippen molar-refractivity contribution >= 4 is 11.9 Å². The van der Waals surface area contributed by atoms with E-state index in [1.165, 1.54) is 154 Å². The van der Waals surface area contributed by atoms with E-state index in [2.05, 4.69) is 38.2 Å². The van der Waals surface area contributed by atoms with E-state index in [4.69, 9.17) is 4.74 Å². The first kappa shape index (κ1) is 52.6. The van der Waals surface area contributed by atoms with Crippen molar-refractivity contribution in [3.8, 4) is 0 Å². The molecule has 0 radical (unpaired) electrons. The summed E-state index contributed by atoms with van der Waals surface area (Å²) < 4.78 is 5.89. The molecular weight excluding hydrogens is 671 g/mol. The molecule has 3 N–H and O–H groups in total. The number of carbonyl (C=O) groups is 2. The molecule has 54 heavy (non-hydrogen) atoms. The summed E-state index contributed by atoms with van der Waals surface area (Å²) in [4.78, 5) is 26.0. The molecule has 0 aromatic rings. The third-order valence-corrected chi connectivity index (χ3v) is 11.1. The van der Waals surface area contributed by atoms with Crippen LogP contribution in [0, 0.1) is 0 Å². The molecule has 3 unspecified atom stereocenters. The third-order valence-electron chi connectivity index (χ3n) is 11.1. The van der Waals surface area contributed by atoms with Gasteiger partial charge in [0.05, 0.1) is 25.2 Å². The SMILES string of the molecule is CCCCCCCCC/C=C\CCCC(CC(=O)NC(CO)C(O)CCCCCCCCCCCC)OC(=O)CCCCCCCCCCCCCCC. The minimum absolute atomic E-state index is 0.0631. The lowest BCUT2D eigenvalue weighted by Crippen LogP contribution is -2.46. The van der Waals surface area contributed by atoms with Crippen LogP contribution >= 0.6 is 0 Å². The van der Waals surface area contributed by atoms with Gasteiger partial charge in [-0.15, -0.1) is 0 Å². The number of aliphatic hydroxyl groups excluding tert-OH is 2. The van der Waals surface area contributed by atoms with Crippen LogP contribution in [0.2, 0.25) is 0 Å².